The molecule has 0 unspecified atom stereocenters. The van der Waals surface area contributed by atoms with E-state index in [2.05, 4.69) is 20.3 Å². The molecule has 2 aliphatic heterocycles. The number of nitrogens with zero attached hydrogens (tertiary/aromatic N) is 3. The van der Waals surface area contributed by atoms with Crippen LogP contribution in [-0.4, -0.2) is 41.1 Å². The molecule has 5 rings (SSSR count). The molecular formula is C22H23FN6O. The van der Waals surface area contributed by atoms with E-state index in [-0.39, 0.29) is 11.7 Å². The van der Waals surface area contributed by atoms with Crippen molar-refractivity contribution in [3.05, 3.63) is 46.0 Å². The molecular weight excluding hydrogens is 383 g/mol. The summed E-state index contributed by atoms with van der Waals surface area (Å²) in [5.41, 5.74) is 5.49. The largest absolute Gasteiger partial charge is 0.357 e. The molecule has 4 heterocycles. The molecule has 30 heavy (non-hydrogen) atoms. The van der Waals surface area contributed by atoms with Gasteiger partial charge >= 0.3 is 0 Å². The molecule has 7 nitrogen and oxygen atoms in total. The fraction of sp³-hybridized carbons (Fsp3) is 0.364. The number of rotatable bonds is 2. The zero-order valence-corrected chi connectivity index (χ0v) is 16.8. The second-order valence-corrected chi connectivity index (χ2v) is 7.78. The summed E-state index contributed by atoms with van der Waals surface area (Å²) in [6.07, 6.45) is 8.44. The molecule has 0 saturated carbocycles. The van der Waals surface area contributed by atoms with Crippen LogP contribution in [0.3, 0.4) is 0 Å². The molecule has 0 bridgehead atoms. The molecule has 0 atom stereocenters. The number of hydrogen-bond acceptors (Lipinski definition) is 3. The van der Waals surface area contributed by atoms with E-state index >= 15 is 4.39 Å². The SMILES string of the molecule is C/C=C1/CCCN(c2ncc3c(c2F)-c2[nH]c4c(c2CC3)C(=O)NCC4)C1=NC=N. The number of carbonyl (C=O) groups is 1. The van der Waals surface area contributed by atoms with Crippen molar-refractivity contribution in [3.8, 4) is 11.3 Å². The van der Waals surface area contributed by atoms with E-state index < -0.39 is 5.82 Å². The van der Waals surface area contributed by atoms with Crippen molar-refractivity contribution in [1.29, 1.82) is 5.41 Å². The molecule has 1 amide bonds. The van der Waals surface area contributed by atoms with Gasteiger partial charge in [-0.15, -0.1) is 0 Å². The smallest absolute Gasteiger partial charge is 0.253 e. The Morgan fingerprint density at radius 1 is 1.27 bits per heavy atom. The molecule has 0 spiro atoms. The van der Waals surface area contributed by atoms with Crippen LogP contribution < -0.4 is 10.2 Å². The highest BCUT2D eigenvalue weighted by molar-refractivity contribution is 6.12. The monoisotopic (exact) mass is 406 g/mol. The molecule has 154 valence electrons. The third kappa shape index (κ3) is 2.70. The zero-order valence-electron chi connectivity index (χ0n) is 16.8. The van der Waals surface area contributed by atoms with Gasteiger partial charge in [0.05, 0.1) is 11.3 Å². The van der Waals surface area contributed by atoms with Gasteiger partial charge in [0.1, 0.15) is 12.2 Å². The van der Waals surface area contributed by atoms with Crippen molar-refractivity contribution in [3.63, 3.8) is 0 Å². The van der Waals surface area contributed by atoms with E-state index in [9.17, 15) is 4.79 Å². The van der Waals surface area contributed by atoms with Gasteiger partial charge < -0.3 is 15.2 Å². The number of anilines is 1. The van der Waals surface area contributed by atoms with Gasteiger partial charge in [-0.2, -0.15) is 0 Å². The maximum Gasteiger partial charge on any atom is 0.253 e. The number of aromatic nitrogens is 2. The minimum Gasteiger partial charge on any atom is -0.357 e. The summed E-state index contributed by atoms with van der Waals surface area (Å²) in [4.78, 5) is 26.2. The van der Waals surface area contributed by atoms with Crippen LogP contribution in [0.5, 0.6) is 0 Å². The van der Waals surface area contributed by atoms with Gasteiger partial charge in [0, 0.05) is 37.0 Å². The Hall–Kier alpha value is -3.29. The number of amidine groups is 1. The summed E-state index contributed by atoms with van der Waals surface area (Å²) < 4.78 is 16.0. The lowest BCUT2D eigenvalue weighted by atomic mass is 9.88. The van der Waals surface area contributed by atoms with Crippen LogP contribution in [0.2, 0.25) is 0 Å². The maximum absolute atomic E-state index is 16.0. The van der Waals surface area contributed by atoms with Gasteiger partial charge in [-0.3, -0.25) is 10.2 Å². The lowest BCUT2D eigenvalue weighted by molar-refractivity contribution is 0.0945. The van der Waals surface area contributed by atoms with E-state index in [1.54, 1.807) is 11.1 Å². The van der Waals surface area contributed by atoms with Crippen LogP contribution in [-0.2, 0) is 19.3 Å². The Morgan fingerprint density at radius 3 is 2.93 bits per heavy atom. The van der Waals surface area contributed by atoms with Crippen molar-refractivity contribution < 1.29 is 9.18 Å². The maximum atomic E-state index is 16.0. The van der Waals surface area contributed by atoms with Gasteiger partial charge in [-0.25, -0.2) is 14.4 Å². The number of pyridine rings is 1. The molecule has 0 radical (unpaired) electrons. The normalized spacial score (nSPS) is 20.6. The van der Waals surface area contributed by atoms with Crippen molar-refractivity contribution in [1.82, 2.24) is 15.3 Å². The average molecular weight is 406 g/mol. The second-order valence-electron chi connectivity index (χ2n) is 7.78. The molecule has 2 aromatic rings. The van der Waals surface area contributed by atoms with Gasteiger partial charge in [-0.05, 0) is 49.3 Å². The fourth-order valence-corrected chi connectivity index (χ4v) is 4.84. The third-order valence-corrected chi connectivity index (χ3v) is 6.20. The molecule has 2 aromatic heterocycles. The first-order valence-electron chi connectivity index (χ1n) is 10.3. The highest BCUT2D eigenvalue weighted by Crippen LogP contribution is 2.41. The van der Waals surface area contributed by atoms with Crippen LogP contribution in [0, 0.1) is 11.2 Å². The Labute approximate surface area is 173 Å². The Balaban J connectivity index is 1.67. The standard InChI is InChI=1S/C22H23FN6O/c1-2-12-4-3-9-29(20(12)27-11-24)21-18(23)16-13(10-26-21)5-6-14-17-15(28-19(14)16)7-8-25-22(17)30/h2,10-11,24,28H,3-9H2,1H3,(H,25,30)/b12-2-,24-11?,27-20?. The molecule has 3 N–H and O–H groups in total. The predicted molar refractivity (Wildman–Crippen MR) is 114 cm³/mol. The number of H-pyrrole nitrogens is 1. The van der Waals surface area contributed by atoms with Crippen molar-refractivity contribution in [2.75, 3.05) is 18.0 Å². The minimum atomic E-state index is -0.400. The molecule has 8 heteroatoms. The first kappa shape index (κ1) is 18.7. The molecule has 3 aliphatic rings. The van der Waals surface area contributed by atoms with Crippen LogP contribution in [0.4, 0.5) is 10.2 Å². The summed E-state index contributed by atoms with van der Waals surface area (Å²) in [5, 5.41) is 10.3. The van der Waals surface area contributed by atoms with Crippen LogP contribution >= 0.6 is 0 Å². The lowest BCUT2D eigenvalue weighted by Gasteiger charge is -2.32. The van der Waals surface area contributed by atoms with E-state index in [1.807, 2.05) is 13.0 Å². The van der Waals surface area contributed by atoms with Gasteiger partial charge in [0.2, 0.25) is 0 Å². The number of fused-ring (bicyclic) bond motifs is 5. The van der Waals surface area contributed by atoms with Crippen LogP contribution in [0.25, 0.3) is 11.3 Å². The Morgan fingerprint density at radius 2 is 2.13 bits per heavy atom. The van der Waals surface area contributed by atoms with Crippen molar-refractivity contribution in [2.45, 2.75) is 39.0 Å². The summed E-state index contributed by atoms with van der Waals surface area (Å²) >= 11 is 0. The number of aryl methyl sites for hydroxylation is 1. The summed E-state index contributed by atoms with van der Waals surface area (Å²) in [5.74, 6) is 0.313. The highest BCUT2D eigenvalue weighted by Gasteiger charge is 2.34. The van der Waals surface area contributed by atoms with E-state index in [0.717, 1.165) is 48.0 Å². The topological polar surface area (TPSA) is 97.2 Å². The molecule has 1 saturated heterocycles. The molecule has 1 aliphatic carbocycles. The number of carbonyl (C=O) groups excluding carboxylic acids is 1. The van der Waals surface area contributed by atoms with Crippen LogP contribution in [0.15, 0.2) is 22.8 Å². The van der Waals surface area contributed by atoms with E-state index in [1.165, 1.54) is 0 Å². The minimum absolute atomic E-state index is 0.0824. The van der Waals surface area contributed by atoms with E-state index in [0.29, 0.717) is 48.6 Å². The number of hydrogen-bond donors (Lipinski definition) is 3. The predicted octanol–water partition coefficient (Wildman–Crippen LogP) is 3.15. The number of nitrogens with one attached hydrogen (secondary N) is 3. The van der Waals surface area contributed by atoms with Gasteiger partial charge in [0.25, 0.3) is 5.91 Å². The van der Waals surface area contributed by atoms with Crippen molar-refractivity contribution in [2.24, 2.45) is 4.99 Å². The molecule has 0 aromatic carbocycles. The Kier molecular flexibility index (Phi) is 4.49. The number of allylic oxidation sites excluding steroid dienone is 1. The first-order chi connectivity index (χ1) is 14.6. The number of aliphatic imine (C=N–C) groups is 1. The lowest BCUT2D eigenvalue weighted by Crippen LogP contribution is -2.38. The number of piperidine rings is 1. The number of halogens is 1. The second kappa shape index (κ2) is 7.19. The van der Waals surface area contributed by atoms with Crippen molar-refractivity contribution >= 4 is 23.9 Å². The third-order valence-electron chi connectivity index (χ3n) is 6.20. The zero-order chi connectivity index (χ0) is 20.8. The molecule has 1 fully saturated rings. The van der Waals surface area contributed by atoms with E-state index in [4.69, 9.17) is 5.41 Å². The quantitative estimate of drug-likeness (QED) is 0.528. The summed E-state index contributed by atoms with van der Waals surface area (Å²) in [6.45, 7) is 3.10. The van der Waals surface area contributed by atoms with Gasteiger partial charge in [-0.1, -0.05) is 6.08 Å². The summed E-state index contributed by atoms with van der Waals surface area (Å²) in [7, 11) is 0. The Bertz CT molecular complexity index is 1130. The number of amides is 1. The first-order valence-corrected chi connectivity index (χ1v) is 10.3. The van der Waals surface area contributed by atoms with Crippen LogP contribution in [0.1, 0.15) is 46.9 Å². The van der Waals surface area contributed by atoms with Gasteiger partial charge in [0.15, 0.2) is 11.6 Å². The summed E-state index contributed by atoms with van der Waals surface area (Å²) in [6, 6.07) is 0. The average Bonchev–Trinajstić information content (AvgIpc) is 3.14. The highest BCUT2D eigenvalue weighted by atomic mass is 19.1. The number of aromatic amines is 1. The fourth-order valence-electron chi connectivity index (χ4n) is 4.84.